The molecule has 1 aromatic rings. The van der Waals surface area contributed by atoms with Gasteiger partial charge in [-0.1, -0.05) is 18.3 Å². The van der Waals surface area contributed by atoms with E-state index in [1.807, 2.05) is 0 Å². The number of methoxy groups -OCH3 is 2. The summed E-state index contributed by atoms with van der Waals surface area (Å²) in [6.45, 7) is 6.24. The van der Waals surface area contributed by atoms with Crippen molar-refractivity contribution in [2.45, 2.75) is 39.5 Å². The zero-order valence-corrected chi connectivity index (χ0v) is 13.0. The van der Waals surface area contributed by atoms with Crippen molar-refractivity contribution in [2.75, 3.05) is 32.3 Å². The largest absolute Gasteiger partial charge is 0.391 e. The Kier molecular flexibility index (Phi) is 7.30. The summed E-state index contributed by atoms with van der Waals surface area (Å²) in [7, 11) is 3.34. The van der Waals surface area contributed by atoms with E-state index in [2.05, 4.69) is 23.7 Å². The Morgan fingerprint density at radius 1 is 1.37 bits per heavy atom. The molecule has 5 nitrogen and oxygen atoms in total. The first kappa shape index (κ1) is 16.4. The minimum atomic E-state index is 0.00891. The molecule has 0 bridgehead atoms. The summed E-state index contributed by atoms with van der Waals surface area (Å²) in [5.41, 5.74) is 0.829. The molecule has 6 heteroatoms. The Balaban J connectivity index is 2.94. The fraction of sp³-hybridized carbons (Fsp3) is 0.769. The lowest BCUT2D eigenvalue weighted by atomic mass is 10.2. The van der Waals surface area contributed by atoms with E-state index in [9.17, 15) is 5.11 Å². The summed E-state index contributed by atoms with van der Waals surface area (Å²) in [6.07, 6.45) is 1.04. The van der Waals surface area contributed by atoms with E-state index in [0.29, 0.717) is 19.3 Å². The van der Waals surface area contributed by atoms with Gasteiger partial charge in [-0.25, -0.2) is 4.98 Å². The number of aromatic nitrogens is 1. The van der Waals surface area contributed by atoms with Crippen molar-refractivity contribution in [2.24, 2.45) is 0 Å². The number of rotatable bonds is 9. The SMILES string of the molecule is CCC(C)N(CCOC)c1nc(COC)c(CO)s1. The number of aliphatic hydroxyl groups excluding tert-OH is 1. The number of nitrogens with zero attached hydrogens (tertiary/aromatic N) is 2. The first-order chi connectivity index (χ1) is 9.17. The molecule has 0 radical (unpaired) electrons. The maximum atomic E-state index is 9.38. The van der Waals surface area contributed by atoms with Crippen LogP contribution in [0.15, 0.2) is 0 Å². The number of ether oxygens (including phenoxy) is 2. The van der Waals surface area contributed by atoms with E-state index in [-0.39, 0.29) is 6.61 Å². The molecule has 0 aliphatic carbocycles. The zero-order valence-electron chi connectivity index (χ0n) is 12.2. The lowest BCUT2D eigenvalue weighted by Gasteiger charge is -2.27. The van der Waals surface area contributed by atoms with Crippen LogP contribution in [0.2, 0.25) is 0 Å². The van der Waals surface area contributed by atoms with Crippen LogP contribution in [-0.2, 0) is 22.7 Å². The highest BCUT2D eigenvalue weighted by Crippen LogP contribution is 2.28. The predicted octanol–water partition coefficient (Wildman–Crippen LogP) is 2.03. The quantitative estimate of drug-likeness (QED) is 0.753. The normalized spacial score (nSPS) is 12.7. The van der Waals surface area contributed by atoms with Crippen LogP contribution in [0, 0.1) is 0 Å². The second kappa shape index (κ2) is 8.47. The average Bonchev–Trinajstić information content (AvgIpc) is 2.82. The number of hydrogen-bond donors (Lipinski definition) is 1. The molecule has 0 aliphatic rings. The molecule has 1 aromatic heterocycles. The number of aliphatic hydroxyl groups is 1. The van der Waals surface area contributed by atoms with Gasteiger partial charge in [0.05, 0.1) is 30.4 Å². The van der Waals surface area contributed by atoms with Crippen molar-refractivity contribution >= 4 is 16.5 Å². The average molecular weight is 288 g/mol. The van der Waals surface area contributed by atoms with Gasteiger partial charge in [0.25, 0.3) is 0 Å². The van der Waals surface area contributed by atoms with Crippen LogP contribution in [-0.4, -0.2) is 43.5 Å². The summed E-state index contributed by atoms with van der Waals surface area (Å²) >= 11 is 1.53. The third-order valence-electron chi connectivity index (χ3n) is 3.10. The number of thiazole rings is 1. The molecule has 0 aliphatic heterocycles. The van der Waals surface area contributed by atoms with Crippen LogP contribution in [0.1, 0.15) is 30.8 Å². The lowest BCUT2D eigenvalue weighted by molar-refractivity contribution is 0.178. The van der Waals surface area contributed by atoms with Crippen LogP contribution in [0.25, 0.3) is 0 Å². The highest BCUT2D eigenvalue weighted by Gasteiger charge is 2.19. The van der Waals surface area contributed by atoms with Gasteiger partial charge in [-0.3, -0.25) is 0 Å². The van der Waals surface area contributed by atoms with Gasteiger partial charge < -0.3 is 19.5 Å². The Hall–Kier alpha value is -0.690. The molecule has 0 aromatic carbocycles. The van der Waals surface area contributed by atoms with Crippen LogP contribution in [0.3, 0.4) is 0 Å². The van der Waals surface area contributed by atoms with Crippen LogP contribution < -0.4 is 4.90 Å². The smallest absolute Gasteiger partial charge is 0.186 e. The van der Waals surface area contributed by atoms with E-state index in [0.717, 1.165) is 28.7 Å². The molecule has 1 N–H and O–H groups in total. The van der Waals surface area contributed by atoms with Gasteiger partial charge in [0.1, 0.15) is 0 Å². The van der Waals surface area contributed by atoms with E-state index in [4.69, 9.17) is 9.47 Å². The van der Waals surface area contributed by atoms with Gasteiger partial charge in [0.2, 0.25) is 0 Å². The molecule has 19 heavy (non-hydrogen) atoms. The molecule has 1 rings (SSSR count). The number of hydrogen-bond acceptors (Lipinski definition) is 6. The van der Waals surface area contributed by atoms with Gasteiger partial charge >= 0.3 is 0 Å². The molecular weight excluding hydrogens is 264 g/mol. The zero-order chi connectivity index (χ0) is 14.3. The van der Waals surface area contributed by atoms with Gasteiger partial charge in [-0.05, 0) is 13.3 Å². The van der Waals surface area contributed by atoms with Gasteiger partial charge in [0.15, 0.2) is 5.13 Å². The standard InChI is InChI=1S/C13H24N2O3S/c1-5-10(2)15(6-7-17-3)13-14-11(9-18-4)12(8-16)19-13/h10,16H,5-9H2,1-4H3. The molecule has 1 heterocycles. The Morgan fingerprint density at radius 3 is 2.63 bits per heavy atom. The second-order valence-corrected chi connectivity index (χ2v) is 5.46. The van der Waals surface area contributed by atoms with Gasteiger partial charge in [-0.2, -0.15) is 0 Å². The molecule has 0 saturated heterocycles. The molecule has 1 atom stereocenters. The molecule has 0 saturated carbocycles. The van der Waals surface area contributed by atoms with E-state index >= 15 is 0 Å². The summed E-state index contributed by atoms with van der Waals surface area (Å²) in [5.74, 6) is 0. The second-order valence-electron chi connectivity index (χ2n) is 4.40. The maximum Gasteiger partial charge on any atom is 0.186 e. The highest BCUT2D eigenvalue weighted by molar-refractivity contribution is 7.15. The Morgan fingerprint density at radius 2 is 2.11 bits per heavy atom. The molecule has 0 fully saturated rings. The van der Waals surface area contributed by atoms with Crippen molar-refractivity contribution in [1.29, 1.82) is 0 Å². The molecule has 1 unspecified atom stereocenters. The first-order valence-corrected chi connectivity index (χ1v) is 7.33. The fourth-order valence-electron chi connectivity index (χ4n) is 1.78. The first-order valence-electron chi connectivity index (χ1n) is 6.51. The molecule has 110 valence electrons. The van der Waals surface area contributed by atoms with Crippen molar-refractivity contribution in [3.63, 3.8) is 0 Å². The Labute approximate surface area is 119 Å². The van der Waals surface area contributed by atoms with Crippen LogP contribution in [0.4, 0.5) is 5.13 Å². The van der Waals surface area contributed by atoms with Crippen molar-refractivity contribution < 1.29 is 14.6 Å². The van der Waals surface area contributed by atoms with Crippen LogP contribution in [0.5, 0.6) is 0 Å². The number of anilines is 1. The van der Waals surface area contributed by atoms with Gasteiger partial charge in [-0.15, -0.1) is 0 Å². The Bertz CT molecular complexity index is 371. The summed E-state index contributed by atoms with van der Waals surface area (Å²) in [6, 6.07) is 0.392. The van der Waals surface area contributed by atoms with E-state index in [1.165, 1.54) is 11.3 Å². The minimum Gasteiger partial charge on any atom is -0.391 e. The summed E-state index contributed by atoms with van der Waals surface area (Å²) in [4.78, 5) is 7.70. The highest BCUT2D eigenvalue weighted by atomic mass is 32.1. The van der Waals surface area contributed by atoms with Crippen LogP contribution >= 0.6 is 11.3 Å². The third-order valence-corrected chi connectivity index (χ3v) is 4.22. The van der Waals surface area contributed by atoms with Gasteiger partial charge in [0, 0.05) is 26.8 Å². The minimum absolute atomic E-state index is 0.00891. The molecular formula is C13H24N2O3S. The summed E-state index contributed by atoms with van der Waals surface area (Å²) < 4.78 is 10.3. The van der Waals surface area contributed by atoms with E-state index < -0.39 is 0 Å². The predicted molar refractivity (Wildman–Crippen MR) is 77.7 cm³/mol. The molecule has 0 spiro atoms. The monoisotopic (exact) mass is 288 g/mol. The molecule has 0 amide bonds. The van der Waals surface area contributed by atoms with E-state index in [1.54, 1.807) is 14.2 Å². The lowest BCUT2D eigenvalue weighted by Crippen LogP contribution is -2.35. The topological polar surface area (TPSA) is 54.8 Å². The summed E-state index contributed by atoms with van der Waals surface area (Å²) in [5, 5.41) is 10.3. The third kappa shape index (κ3) is 4.42. The van der Waals surface area contributed by atoms with Crippen molar-refractivity contribution in [3.05, 3.63) is 10.6 Å². The van der Waals surface area contributed by atoms with Crippen molar-refractivity contribution in [1.82, 2.24) is 4.98 Å². The maximum absolute atomic E-state index is 9.38. The van der Waals surface area contributed by atoms with Crippen molar-refractivity contribution in [3.8, 4) is 0 Å². The fourth-order valence-corrected chi connectivity index (χ4v) is 2.83.